The molecule has 0 N–H and O–H groups in total. The lowest BCUT2D eigenvalue weighted by atomic mass is 9.95. The normalized spacial score (nSPS) is 19.1. The van der Waals surface area contributed by atoms with E-state index >= 15 is 0 Å². The van der Waals surface area contributed by atoms with E-state index in [1.165, 1.54) is 16.7 Å². The third kappa shape index (κ3) is 1.20. The van der Waals surface area contributed by atoms with Crippen molar-refractivity contribution in [1.82, 2.24) is 0 Å². The van der Waals surface area contributed by atoms with E-state index in [-0.39, 0.29) is 11.7 Å². The summed E-state index contributed by atoms with van der Waals surface area (Å²) in [6.07, 6.45) is 2.04. The molecule has 1 nitrogen and oxygen atoms in total. The van der Waals surface area contributed by atoms with Crippen LogP contribution in [-0.2, 0) is 4.79 Å². The third-order valence-electron chi connectivity index (χ3n) is 3.00. The minimum absolute atomic E-state index is 0.188. The number of allylic oxidation sites excluding steroid dienone is 1. The summed E-state index contributed by atoms with van der Waals surface area (Å²) < 4.78 is 0. The second-order valence-electron chi connectivity index (χ2n) is 3.96. The van der Waals surface area contributed by atoms with Crippen molar-refractivity contribution >= 4 is 11.9 Å². The number of ketones is 1. The predicted octanol–water partition coefficient (Wildman–Crippen LogP) is 3.08. The van der Waals surface area contributed by atoms with Crippen LogP contribution in [0.25, 0.3) is 6.08 Å². The van der Waals surface area contributed by atoms with E-state index in [0.29, 0.717) is 0 Å². The van der Waals surface area contributed by atoms with Gasteiger partial charge in [-0.1, -0.05) is 25.1 Å². The minimum atomic E-state index is 0.188. The lowest BCUT2D eigenvalue weighted by Gasteiger charge is -2.08. The van der Waals surface area contributed by atoms with Gasteiger partial charge in [-0.05, 0) is 36.6 Å². The zero-order valence-corrected chi connectivity index (χ0v) is 8.79. The standard InChI is InChI=1S/C13H14O/c1-8-5-4-6-11-9(2)13(10(3)14)7-12(8)11/h4-7,9H,1-3H3. The smallest absolute Gasteiger partial charge is 0.156 e. The van der Waals surface area contributed by atoms with Crippen LogP contribution in [0.2, 0.25) is 0 Å². The molecule has 1 aliphatic carbocycles. The largest absolute Gasteiger partial charge is 0.295 e. The summed E-state index contributed by atoms with van der Waals surface area (Å²) >= 11 is 0. The second-order valence-corrected chi connectivity index (χ2v) is 3.96. The number of fused-ring (bicyclic) bond motifs is 1. The summed E-state index contributed by atoms with van der Waals surface area (Å²) in [6.45, 7) is 5.83. The van der Waals surface area contributed by atoms with Gasteiger partial charge < -0.3 is 0 Å². The third-order valence-corrected chi connectivity index (χ3v) is 3.00. The molecule has 0 aromatic heterocycles. The monoisotopic (exact) mass is 186 g/mol. The van der Waals surface area contributed by atoms with Crippen LogP contribution in [0.1, 0.15) is 36.5 Å². The summed E-state index contributed by atoms with van der Waals surface area (Å²) in [7, 11) is 0. The molecular formula is C13H14O. The molecule has 0 saturated carbocycles. The van der Waals surface area contributed by atoms with Crippen LogP contribution < -0.4 is 0 Å². The van der Waals surface area contributed by atoms with Gasteiger partial charge in [-0.15, -0.1) is 0 Å². The first-order valence-corrected chi connectivity index (χ1v) is 4.93. The van der Waals surface area contributed by atoms with Crippen molar-refractivity contribution in [2.75, 3.05) is 0 Å². The fraction of sp³-hybridized carbons (Fsp3) is 0.308. The van der Waals surface area contributed by atoms with Gasteiger partial charge in [0.05, 0.1) is 0 Å². The molecule has 72 valence electrons. The Labute approximate surface area is 84.5 Å². The van der Waals surface area contributed by atoms with Crippen LogP contribution in [0.5, 0.6) is 0 Å². The van der Waals surface area contributed by atoms with Crippen LogP contribution in [0.15, 0.2) is 23.8 Å². The van der Waals surface area contributed by atoms with E-state index in [2.05, 4.69) is 32.0 Å². The maximum Gasteiger partial charge on any atom is 0.156 e. The van der Waals surface area contributed by atoms with Crippen LogP contribution in [0, 0.1) is 6.92 Å². The zero-order chi connectivity index (χ0) is 10.3. The topological polar surface area (TPSA) is 17.1 Å². The Morgan fingerprint density at radius 1 is 1.36 bits per heavy atom. The fourth-order valence-corrected chi connectivity index (χ4v) is 2.13. The van der Waals surface area contributed by atoms with Gasteiger partial charge in [0.1, 0.15) is 0 Å². The lowest BCUT2D eigenvalue weighted by molar-refractivity contribution is -0.113. The molecule has 1 aromatic carbocycles. The van der Waals surface area contributed by atoms with Gasteiger partial charge in [-0.3, -0.25) is 4.79 Å². The number of rotatable bonds is 1. The summed E-state index contributed by atoms with van der Waals surface area (Å²) in [5.74, 6) is 0.454. The maximum absolute atomic E-state index is 11.4. The van der Waals surface area contributed by atoms with Crippen molar-refractivity contribution in [1.29, 1.82) is 0 Å². The van der Waals surface area contributed by atoms with Gasteiger partial charge in [0.2, 0.25) is 0 Å². The molecule has 1 atom stereocenters. The van der Waals surface area contributed by atoms with Gasteiger partial charge in [-0.2, -0.15) is 0 Å². The minimum Gasteiger partial charge on any atom is -0.295 e. The van der Waals surface area contributed by atoms with Gasteiger partial charge in [0.15, 0.2) is 5.78 Å². The summed E-state index contributed by atoms with van der Waals surface area (Å²) in [4.78, 5) is 11.4. The number of Topliss-reactive ketones (excluding diaryl/α,β-unsaturated/α-hetero) is 1. The van der Waals surface area contributed by atoms with Crippen molar-refractivity contribution in [3.8, 4) is 0 Å². The first-order chi connectivity index (χ1) is 6.61. The van der Waals surface area contributed by atoms with E-state index in [1.807, 2.05) is 6.08 Å². The Morgan fingerprint density at radius 3 is 2.64 bits per heavy atom. The maximum atomic E-state index is 11.4. The molecule has 0 amide bonds. The number of benzene rings is 1. The SMILES string of the molecule is CC(=O)C1=Cc2c(C)cccc2C1C. The Bertz CT molecular complexity index is 427. The molecule has 1 heteroatoms. The second kappa shape index (κ2) is 3.09. The first-order valence-electron chi connectivity index (χ1n) is 4.93. The van der Waals surface area contributed by atoms with Crippen LogP contribution in [0.4, 0.5) is 0 Å². The van der Waals surface area contributed by atoms with Crippen LogP contribution >= 0.6 is 0 Å². The van der Waals surface area contributed by atoms with Crippen molar-refractivity contribution in [3.63, 3.8) is 0 Å². The number of carbonyl (C=O) groups is 1. The summed E-state index contributed by atoms with van der Waals surface area (Å²) in [5.41, 5.74) is 4.72. The van der Waals surface area contributed by atoms with E-state index < -0.39 is 0 Å². The van der Waals surface area contributed by atoms with Crippen molar-refractivity contribution in [2.45, 2.75) is 26.7 Å². The molecule has 1 aromatic rings. The number of hydrogen-bond donors (Lipinski definition) is 0. The molecule has 14 heavy (non-hydrogen) atoms. The Kier molecular flexibility index (Phi) is 2.03. The van der Waals surface area contributed by atoms with Crippen LogP contribution in [0.3, 0.4) is 0 Å². The Balaban J connectivity index is 2.58. The van der Waals surface area contributed by atoms with E-state index in [0.717, 1.165) is 5.57 Å². The number of carbonyl (C=O) groups excluding carboxylic acids is 1. The summed E-state index contributed by atoms with van der Waals surface area (Å²) in [5, 5.41) is 0. The average molecular weight is 186 g/mol. The molecule has 0 fully saturated rings. The summed E-state index contributed by atoms with van der Waals surface area (Å²) in [6, 6.07) is 6.26. The Hall–Kier alpha value is -1.37. The number of hydrogen-bond acceptors (Lipinski definition) is 1. The molecule has 0 saturated heterocycles. The average Bonchev–Trinajstić information content (AvgIpc) is 2.46. The lowest BCUT2D eigenvalue weighted by Crippen LogP contribution is -2.01. The highest BCUT2D eigenvalue weighted by atomic mass is 16.1. The molecule has 0 bridgehead atoms. The zero-order valence-electron chi connectivity index (χ0n) is 8.79. The highest BCUT2D eigenvalue weighted by molar-refractivity contribution is 6.01. The van der Waals surface area contributed by atoms with Crippen molar-refractivity contribution < 1.29 is 4.79 Å². The predicted molar refractivity (Wildman–Crippen MR) is 58.3 cm³/mol. The molecule has 0 spiro atoms. The molecule has 0 heterocycles. The number of aryl methyl sites for hydroxylation is 1. The molecule has 2 rings (SSSR count). The highest BCUT2D eigenvalue weighted by Crippen LogP contribution is 2.37. The van der Waals surface area contributed by atoms with E-state index in [9.17, 15) is 4.79 Å². The van der Waals surface area contributed by atoms with Crippen molar-refractivity contribution in [3.05, 3.63) is 40.5 Å². The van der Waals surface area contributed by atoms with Crippen molar-refractivity contribution in [2.24, 2.45) is 0 Å². The molecular weight excluding hydrogens is 172 g/mol. The highest BCUT2D eigenvalue weighted by Gasteiger charge is 2.24. The molecule has 1 aliphatic rings. The van der Waals surface area contributed by atoms with Crippen LogP contribution in [-0.4, -0.2) is 5.78 Å². The first kappa shape index (κ1) is 9.20. The molecule has 0 radical (unpaired) electrons. The van der Waals surface area contributed by atoms with Gasteiger partial charge in [0, 0.05) is 11.5 Å². The quantitative estimate of drug-likeness (QED) is 0.658. The van der Waals surface area contributed by atoms with E-state index in [1.54, 1.807) is 6.92 Å². The van der Waals surface area contributed by atoms with Gasteiger partial charge >= 0.3 is 0 Å². The Morgan fingerprint density at radius 2 is 2.07 bits per heavy atom. The molecule has 1 unspecified atom stereocenters. The van der Waals surface area contributed by atoms with Gasteiger partial charge in [-0.25, -0.2) is 0 Å². The van der Waals surface area contributed by atoms with E-state index in [4.69, 9.17) is 0 Å². The molecule has 0 aliphatic heterocycles. The fourth-order valence-electron chi connectivity index (χ4n) is 2.13. The van der Waals surface area contributed by atoms with Gasteiger partial charge in [0.25, 0.3) is 0 Å².